The number of hydrazone groups is 1. The first-order chi connectivity index (χ1) is 3.21. The zero-order chi connectivity index (χ0) is 5.33. The van der Waals surface area contributed by atoms with Crippen LogP contribution in [0.3, 0.4) is 0 Å². The van der Waals surface area contributed by atoms with Crippen molar-refractivity contribution in [2.24, 2.45) is 10.8 Å². The summed E-state index contributed by atoms with van der Waals surface area (Å²) in [5, 5.41) is 3.62. The fourth-order valence-electron chi connectivity index (χ4n) is 0.252. The summed E-state index contributed by atoms with van der Waals surface area (Å²) in [4.78, 5) is 0. The Balaban J connectivity index is 2.49. The van der Waals surface area contributed by atoms with E-state index in [0.29, 0.717) is 0 Å². The van der Waals surface area contributed by atoms with Crippen LogP contribution < -0.4 is 11.2 Å². The third-order valence-corrected chi connectivity index (χ3v) is 1.59. The molecular weight excluding hydrogens is 130 g/mol. The Morgan fingerprint density at radius 3 is 2.86 bits per heavy atom. The summed E-state index contributed by atoms with van der Waals surface area (Å²) >= 11 is 5.29. The van der Waals surface area contributed by atoms with E-state index in [4.69, 9.17) is 5.73 Å². The highest BCUT2D eigenvalue weighted by molar-refractivity contribution is 8.20. The number of hydrogen-bond donors (Lipinski definition) is 3. The molecule has 7 heavy (non-hydrogen) atoms. The molecular formula is C2H5N3S2. The molecule has 0 saturated heterocycles. The highest BCUT2D eigenvalue weighted by Gasteiger charge is 2.21. The summed E-state index contributed by atoms with van der Waals surface area (Å²) in [6, 6.07) is 0. The molecule has 0 aromatic rings. The van der Waals surface area contributed by atoms with Gasteiger partial charge in [0.15, 0.2) is 0 Å². The highest BCUT2D eigenvalue weighted by Crippen LogP contribution is 2.21. The van der Waals surface area contributed by atoms with Crippen LogP contribution in [0.4, 0.5) is 0 Å². The predicted octanol–water partition coefficient (Wildman–Crippen LogP) is -0.234. The Labute approximate surface area is 51.1 Å². The van der Waals surface area contributed by atoms with Crippen LogP contribution >= 0.6 is 24.4 Å². The number of nitrogens with two attached hydrogens (primary N) is 1. The van der Waals surface area contributed by atoms with Gasteiger partial charge in [0.25, 0.3) is 0 Å². The van der Waals surface area contributed by atoms with Gasteiger partial charge in [-0.1, -0.05) is 11.8 Å². The Kier molecular flexibility index (Phi) is 1.18. The van der Waals surface area contributed by atoms with Gasteiger partial charge in [0.05, 0.1) is 5.55 Å². The number of nitrogens with zero attached hydrogens (tertiary/aromatic N) is 1. The Bertz CT molecular complexity index is 89.1. The minimum atomic E-state index is -0.667. The van der Waals surface area contributed by atoms with Crippen molar-refractivity contribution in [3.8, 4) is 0 Å². The third-order valence-electron chi connectivity index (χ3n) is 0.510. The van der Waals surface area contributed by atoms with E-state index in [2.05, 4.69) is 23.2 Å². The number of hydrogen-bond acceptors (Lipinski definition) is 5. The van der Waals surface area contributed by atoms with Crippen molar-refractivity contribution in [2.75, 3.05) is 0 Å². The molecule has 40 valence electrons. The molecule has 0 radical (unpaired) electrons. The average Bonchev–Trinajstić information content (AvgIpc) is 1.84. The van der Waals surface area contributed by atoms with Crippen LogP contribution in [0.1, 0.15) is 0 Å². The van der Waals surface area contributed by atoms with Gasteiger partial charge in [-0.2, -0.15) is 5.10 Å². The highest BCUT2D eigenvalue weighted by atomic mass is 32.2. The van der Waals surface area contributed by atoms with E-state index in [1.165, 1.54) is 11.8 Å². The average molecular weight is 135 g/mol. The lowest BCUT2D eigenvalue weighted by Crippen LogP contribution is -2.38. The van der Waals surface area contributed by atoms with Crippen LogP contribution in [0.5, 0.6) is 0 Å². The van der Waals surface area contributed by atoms with Crippen LogP contribution in [0.2, 0.25) is 0 Å². The molecule has 1 heterocycles. The lowest BCUT2D eigenvalue weighted by molar-refractivity contribution is 0.687. The molecule has 0 aromatic heterocycles. The van der Waals surface area contributed by atoms with E-state index in [1.54, 1.807) is 5.55 Å². The molecule has 0 aliphatic carbocycles. The lowest BCUT2D eigenvalue weighted by Gasteiger charge is -2.12. The van der Waals surface area contributed by atoms with Crippen molar-refractivity contribution < 1.29 is 0 Å². The smallest absolute Gasteiger partial charge is 0.200 e. The second kappa shape index (κ2) is 1.57. The van der Waals surface area contributed by atoms with Crippen LogP contribution in [-0.4, -0.2) is 9.87 Å². The zero-order valence-electron chi connectivity index (χ0n) is 3.46. The van der Waals surface area contributed by atoms with E-state index in [-0.39, 0.29) is 0 Å². The second-order valence-electron chi connectivity index (χ2n) is 1.16. The van der Waals surface area contributed by atoms with Gasteiger partial charge in [0.2, 0.25) is 4.33 Å². The van der Waals surface area contributed by atoms with Crippen molar-refractivity contribution in [3.05, 3.63) is 0 Å². The topological polar surface area (TPSA) is 50.4 Å². The molecule has 3 nitrogen and oxygen atoms in total. The third kappa shape index (κ3) is 1.25. The SMILES string of the molecule is NC1(S)NN=CS1. The summed E-state index contributed by atoms with van der Waals surface area (Å²) < 4.78 is -0.667. The molecule has 0 fully saturated rings. The number of thioether (sulfide) groups is 1. The van der Waals surface area contributed by atoms with Crippen molar-refractivity contribution in [2.45, 2.75) is 4.33 Å². The maximum absolute atomic E-state index is 5.37. The molecule has 3 N–H and O–H groups in total. The summed E-state index contributed by atoms with van der Waals surface area (Å²) in [6.45, 7) is 0. The quantitative estimate of drug-likeness (QED) is 0.317. The summed E-state index contributed by atoms with van der Waals surface area (Å²) in [5.41, 5.74) is 9.56. The Hall–Kier alpha value is 0.130. The summed E-state index contributed by atoms with van der Waals surface area (Å²) in [5.74, 6) is 0. The molecule has 0 bridgehead atoms. The molecule has 0 saturated carbocycles. The van der Waals surface area contributed by atoms with Gasteiger partial charge in [-0.15, -0.1) is 12.6 Å². The van der Waals surface area contributed by atoms with Crippen molar-refractivity contribution in [3.63, 3.8) is 0 Å². The van der Waals surface area contributed by atoms with E-state index >= 15 is 0 Å². The van der Waals surface area contributed by atoms with Gasteiger partial charge >= 0.3 is 0 Å². The van der Waals surface area contributed by atoms with Gasteiger partial charge in [-0.05, 0) is 0 Å². The van der Waals surface area contributed by atoms with E-state index in [1.807, 2.05) is 0 Å². The van der Waals surface area contributed by atoms with E-state index < -0.39 is 4.33 Å². The fourth-order valence-corrected chi connectivity index (χ4v) is 0.823. The fraction of sp³-hybridized carbons (Fsp3) is 0.500. The Morgan fingerprint density at radius 1 is 2.00 bits per heavy atom. The number of nitrogens with one attached hydrogen (secondary N) is 1. The first-order valence-corrected chi connectivity index (χ1v) is 3.01. The summed E-state index contributed by atoms with van der Waals surface area (Å²) in [6.07, 6.45) is 0. The Morgan fingerprint density at radius 2 is 2.71 bits per heavy atom. The van der Waals surface area contributed by atoms with Crippen LogP contribution in [0, 0.1) is 0 Å². The standard InChI is InChI=1S/C2H5N3S2/c3-2(6)5-4-1-7-2/h1,5-6H,3H2. The molecule has 0 aromatic carbocycles. The molecule has 1 aliphatic heterocycles. The summed E-state index contributed by atoms with van der Waals surface area (Å²) in [7, 11) is 0. The van der Waals surface area contributed by atoms with Crippen molar-refractivity contribution in [1.82, 2.24) is 5.43 Å². The second-order valence-corrected chi connectivity index (χ2v) is 3.26. The van der Waals surface area contributed by atoms with E-state index in [0.717, 1.165) is 0 Å². The predicted molar refractivity (Wildman–Crippen MR) is 35.1 cm³/mol. The van der Waals surface area contributed by atoms with E-state index in [9.17, 15) is 0 Å². The zero-order valence-corrected chi connectivity index (χ0v) is 5.17. The first-order valence-electron chi connectivity index (χ1n) is 1.68. The van der Waals surface area contributed by atoms with Crippen LogP contribution in [0.25, 0.3) is 0 Å². The van der Waals surface area contributed by atoms with Gasteiger partial charge in [0, 0.05) is 0 Å². The monoisotopic (exact) mass is 135 g/mol. The largest absolute Gasteiger partial charge is 0.290 e. The van der Waals surface area contributed by atoms with Gasteiger partial charge < -0.3 is 0 Å². The molecule has 1 atom stereocenters. The lowest BCUT2D eigenvalue weighted by atomic mass is 11.2. The van der Waals surface area contributed by atoms with Gasteiger partial charge in [-0.25, -0.2) is 0 Å². The molecule has 1 rings (SSSR count). The molecule has 1 unspecified atom stereocenters. The first kappa shape index (κ1) is 5.27. The molecule has 1 aliphatic rings. The maximum atomic E-state index is 5.37. The number of thiol groups is 1. The maximum Gasteiger partial charge on any atom is 0.200 e. The normalized spacial score (nSPS) is 38.6. The van der Waals surface area contributed by atoms with Gasteiger partial charge in [-0.3, -0.25) is 11.2 Å². The minimum absolute atomic E-state index is 0.667. The number of rotatable bonds is 0. The molecule has 5 heteroatoms. The minimum Gasteiger partial charge on any atom is -0.290 e. The van der Waals surface area contributed by atoms with Crippen LogP contribution in [-0.2, 0) is 0 Å². The van der Waals surface area contributed by atoms with Gasteiger partial charge in [0.1, 0.15) is 0 Å². The van der Waals surface area contributed by atoms with Crippen LogP contribution in [0.15, 0.2) is 5.10 Å². The van der Waals surface area contributed by atoms with Crippen molar-refractivity contribution >= 4 is 29.9 Å². The molecule has 0 amide bonds. The molecule has 0 spiro atoms. The van der Waals surface area contributed by atoms with Crippen molar-refractivity contribution in [1.29, 1.82) is 0 Å².